The number of methoxy groups -OCH3 is 3. The number of halogens is 1. The van der Waals surface area contributed by atoms with Gasteiger partial charge in [-0.05, 0) is 66.8 Å². The maximum absolute atomic E-state index is 13.9. The van der Waals surface area contributed by atoms with E-state index in [1.165, 1.54) is 19.2 Å². The summed E-state index contributed by atoms with van der Waals surface area (Å²) >= 11 is 0. The third-order valence-electron chi connectivity index (χ3n) is 7.51. The predicted molar refractivity (Wildman–Crippen MR) is 150 cm³/mol. The molecule has 1 amide bonds. The minimum absolute atomic E-state index is 0.0713. The van der Waals surface area contributed by atoms with Crippen molar-refractivity contribution in [2.24, 2.45) is 0 Å². The molecule has 1 heterocycles. The number of amides is 1. The Kier molecular flexibility index (Phi) is 7.60. The summed E-state index contributed by atoms with van der Waals surface area (Å²) in [6.07, 6.45) is 0.821. The van der Waals surface area contributed by atoms with Gasteiger partial charge >= 0.3 is 0 Å². The first kappa shape index (κ1) is 27.0. The number of anilines is 1. The van der Waals surface area contributed by atoms with Crippen molar-refractivity contribution in [3.05, 3.63) is 106 Å². The number of hydrogen-bond donors (Lipinski definition) is 2. The Bertz CT molecular complexity index is 1530. The summed E-state index contributed by atoms with van der Waals surface area (Å²) in [6, 6.07) is 18.8. The van der Waals surface area contributed by atoms with Crippen LogP contribution in [0.4, 0.5) is 10.1 Å². The number of Topliss-reactive ketones (excluding diaryl/α,β-unsaturated/α-hetero) is 1. The Morgan fingerprint density at radius 1 is 0.875 bits per heavy atom. The van der Waals surface area contributed by atoms with E-state index in [0.717, 1.165) is 11.3 Å². The smallest absolute Gasteiger partial charge is 0.254 e. The van der Waals surface area contributed by atoms with E-state index >= 15 is 0 Å². The van der Waals surface area contributed by atoms with Crippen LogP contribution in [0.15, 0.2) is 89.3 Å². The molecule has 2 N–H and O–H groups in total. The van der Waals surface area contributed by atoms with Crippen LogP contribution < -0.4 is 24.8 Å². The van der Waals surface area contributed by atoms with Crippen LogP contribution in [-0.4, -0.2) is 33.0 Å². The molecule has 206 valence electrons. The first-order chi connectivity index (χ1) is 19.3. The van der Waals surface area contributed by atoms with Gasteiger partial charge in [-0.25, -0.2) is 4.39 Å². The quantitative estimate of drug-likeness (QED) is 0.390. The van der Waals surface area contributed by atoms with E-state index in [1.54, 1.807) is 44.6 Å². The molecule has 0 spiro atoms. The summed E-state index contributed by atoms with van der Waals surface area (Å²) in [4.78, 5) is 27.7. The second kappa shape index (κ2) is 11.3. The highest BCUT2D eigenvalue weighted by molar-refractivity contribution is 6.10. The van der Waals surface area contributed by atoms with Crippen LogP contribution in [0.1, 0.15) is 42.7 Å². The van der Waals surface area contributed by atoms with Gasteiger partial charge in [-0.2, -0.15) is 0 Å². The van der Waals surface area contributed by atoms with Crippen molar-refractivity contribution in [1.82, 2.24) is 5.32 Å². The third-order valence-corrected chi connectivity index (χ3v) is 7.51. The molecule has 7 nitrogen and oxygen atoms in total. The molecular weight excluding hydrogens is 511 g/mol. The lowest BCUT2D eigenvalue weighted by Crippen LogP contribution is -2.37. The molecule has 1 aliphatic carbocycles. The van der Waals surface area contributed by atoms with Crippen LogP contribution >= 0.6 is 0 Å². The Hall–Kier alpha value is -4.59. The Morgan fingerprint density at radius 2 is 1.55 bits per heavy atom. The van der Waals surface area contributed by atoms with E-state index in [1.807, 2.05) is 31.2 Å². The molecule has 2 aliphatic rings. The second-order valence-electron chi connectivity index (χ2n) is 9.84. The van der Waals surface area contributed by atoms with Gasteiger partial charge in [0, 0.05) is 34.9 Å². The molecule has 0 saturated heterocycles. The van der Waals surface area contributed by atoms with E-state index in [0.29, 0.717) is 51.8 Å². The number of rotatable bonds is 7. The fourth-order valence-corrected chi connectivity index (χ4v) is 5.61. The average Bonchev–Trinajstić information content (AvgIpc) is 2.96. The number of benzene rings is 3. The number of hydrogen-bond acceptors (Lipinski definition) is 6. The highest BCUT2D eigenvalue weighted by atomic mass is 19.1. The summed E-state index contributed by atoms with van der Waals surface area (Å²) in [7, 11) is 4.69. The molecule has 0 radical (unpaired) electrons. The van der Waals surface area contributed by atoms with Crippen LogP contribution in [0.3, 0.4) is 0 Å². The lowest BCUT2D eigenvalue weighted by Gasteiger charge is -2.37. The number of para-hydroxylation sites is 2. The molecule has 0 unspecified atom stereocenters. The minimum atomic E-state index is -0.662. The lowest BCUT2D eigenvalue weighted by molar-refractivity contribution is -0.116. The predicted octanol–water partition coefficient (Wildman–Crippen LogP) is 5.85. The first-order valence-corrected chi connectivity index (χ1v) is 13.0. The van der Waals surface area contributed by atoms with Gasteiger partial charge in [0.1, 0.15) is 11.6 Å². The van der Waals surface area contributed by atoms with Crippen LogP contribution in [-0.2, 0) is 9.59 Å². The molecular formula is C32H31FN2O5. The highest BCUT2D eigenvalue weighted by Gasteiger charge is 2.41. The molecule has 1 aliphatic heterocycles. The molecule has 0 fully saturated rings. The van der Waals surface area contributed by atoms with Crippen LogP contribution in [0.25, 0.3) is 0 Å². The summed E-state index contributed by atoms with van der Waals surface area (Å²) < 4.78 is 30.2. The lowest BCUT2D eigenvalue weighted by atomic mass is 9.71. The van der Waals surface area contributed by atoms with Crippen molar-refractivity contribution >= 4 is 17.4 Å². The van der Waals surface area contributed by atoms with E-state index in [9.17, 15) is 14.0 Å². The Balaban J connectivity index is 1.54. The maximum atomic E-state index is 13.9. The topological polar surface area (TPSA) is 85.9 Å². The molecule has 5 rings (SSSR count). The van der Waals surface area contributed by atoms with Gasteiger partial charge in [0.2, 0.25) is 0 Å². The van der Waals surface area contributed by atoms with Gasteiger partial charge in [0.05, 0.1) is 27.0 Å². The van der Waals surface area contributed by atoms with Gasteiger partial charge in [0.25, 0.3) is 5.91 Å². The molecule has 2 atom stereocenters. The van der Waals surface area contributed by atoms with E-state index in [2.05, 4.69) is 10.6 Å². The van der Waals surface area contributed by atoms with Crippen molar-refractivity contribution in [3.8, 4) is 17.2 Å². The van der Waals surface area contributed by atoms with Crippen LogP contribution in [0.2, 0.25) is 0 Å². The zero-order valence-corrected chi connectivity index (χ0v) is 22.8. The minimum Gasteiger partial charge on any atom is -0.495 e. The standard InChI is InChI=1S/C32H31FN2O5/c1-18-29(32(37)35-23-7-5-6-8-26(23)38-2)30(19-9-12-22(33)13-10-19)31-24(34-18)15-21(16-25(31)36)20-11-14-27(39-3)28(17-20)40-4/h5-14,17,21,30,34H,15-16H2,1-4H3,(H,35,37)/t21-,30+/m0/s1. The highest BCUT2D eigenvalue weighted by Crippen LogP contribution is 2.46. The Morgan fingerprint density at radius 3 is 2.25 bits per heavy atom. The second-order valence-corrected chi connectivity index (χ2v) is 9.84. The summed E-state index contributed by atoms with van der Waals surface area (Å²) in [5, 5.41) is 6.32. The monoisotopic (exact) mass is 542 g/mol. The Labute approximate surface area is 232 Å². The maximum Gasteiger partial charge on any atom is 0.254 e. The van der Waals surface area contributed by atoms with Crippen LogP contribution in [0.5, 0.6) is 17.2 Å². The van der Waals surface area contributed by atoms with Crippen molar-refractivity contribution < 1.29 is 28.2 Å². The summed E-state index contributed by atoms with van der Waals surface area (Å²) in [5.41, 5.74) is 4.44. The number of dihydropyridines is 1. The molecule has 8 heteroatoms. The van der Waals surface area contributed by atoms with E-state index < -0.39 is 11.7 Å². The average molecular weight is 543 g/mol. The number of ether oxygens (including phenoxy) is 3. The van der Waals surface area contributed by atoms with E-state index in [-0.39, 0.29) is 24.0 Å². The normalized spacial score (nSPS) is 18.6. The summed E-state index contributed by atoms with van der Waals surface area (Å²) in [6.45, 7) is 1.82. The molecule has 3 aromatic rings. The van der Waals surface area contributed by atoms with Crippen molar-refractivity contribution in [2.75, 3.05) is 26.6 Å². The first-order valence-electron chi connectivity index (χ1n) is 13.0. The number of nitrogens with one attached hydrogen (secondary N) is 2. The van der Waals surface area contributed by atoms with Gasteiger partial charge in [-0.1, -0.05) is 30.3 Å². The molecule has 40 heavy (non-hydrogen) atoms. The largest absolute Gasteiger partial charge is 0.495 e. The molecule has 0 saturated carbocycles. The summed E-state index contributed by atoms with van der Waals surface area (Å²) in [5.74, 6) is 0.140. The third kappa shape index (κ3) is 5.04. The molecule has 0 aromatic heterocycles. The van der Waals surface area contributed by atoms with Crippen LogP contribution in [0, 0.1) is 5.82 Å². The number of carbonyl (C=O) groups is 2. The zero-order valence-electron chi connectivity index (χ0n) is 22.8. The van der Waals surface area contributed by atoms with Gasteiger partial charge in [-0.3, -0.25) is 9.59 Å². The fraction of sp³-hybridized carbons (Fsp3) is 0.250. The van der Waals surface area contributed by atoms with Crippen molar-refractivity contribution in [3.63, 3.8) is 0 Å². The SMILES string of the molecule is COc1ccccc1NC(=O)C1=C(C)NC2=C(C(=O)C[C@@H](c3ccc(OC)c(OC)c3)C2)[C@@H]1c1ccc(F)cc1. The van der Waals surface area contributed by atoms with Gasteiger partial charge in [-0.15, -0.1) is 0 Å². The molecule has 0 bridgehead atoms. The molecule has 3 aromatic carbocycles. The van der Waals surface area contributed by atoms with E-state index in [4.69, 9.17) is 14.2 Å². The van der Waals surface area contributed by atoms with Crippen molar-refractivity contribution in [2.45, 2.75) is 31.6 Å². The number of allylic oxidation sites excluding steroid dienone is 3. The zero-order chi connectivity index (χ0) is 28.4. The van der Waals surface area contributed by atoms with Crippen molar-refractivity contribution in [1.29, 1.82) is 0 Å². The number of carbonyl (C=O) groups excluding carboxylic acids is 2. The van der Waals surface area contributed by atoms with Gasteiger partial charge < -0.3 is 24.8 Å². The van der Waals surface area contributed by atoms with Gasteiger partial charge in [0.15, 0.2) is 17.3 Å². The number of ketones is 1. The fourth-order valence-electron chi connectivity index (χ4n) is 5.61.